The van der Waals surface area contributed by atoms with Gasteiger partial charge >= 0.3 is 0 Å². The zero-order valence-electron chi connectivity index (χ0n) is 77.0. The predicted molar refractivity (Wildman–Crippen MR) is 483 cm³/mol. The number of rotatable bonds is 20. The van der Waals surface area contributed by atoms with Gasteiger partial charge in [-0.2, -0.15) is 0 Å². The Morgan fingerprint density at radius 2 is 0.789 bits per heavy atom. The molecule has 6 amide bonds. The van der Waals surface area contributed by atoms with Crippen molar-refractivity contribution in [3.8, 4) is 0 Å². The Labute approximate surface area is 699 Å². The van der Waals surface area contributed by atoms with E-state index < -0.39 is 47.8 Å². The summed E-state index contributed by atoms with van der Waals surface area (Å²) in [6.45, 7) is 61.9. The number of piperidine rings is 1. The highest BCUT2D eigenvalue weighted by atomic mass is 35.5. The Balaban J connectivity index is -0.0000000614. The Hall–Kier alpha value is -8.23. The van der Waals surface area contributed by atoms with Crippen LogP contribution >= 0.6 is 11.6 Å². The van der Waals surface area contributed by atoms with Crippen molar-refractivity contribution in [2.45, 2.75) is 247 Å². The molecule has 5 atom stereocenters. The van der Waals surface area contributed by atoms with Crippen molar-refractivity contribution in [2.24, 2.45) is 47.0 Å². The van der Waals surface area contributed by atoms with Gasteiger partial charge in [-0.1, -0.05) is 228 Å². The molecular weight excluding hydrogens is 1480 g/mol. The molecule has 1 aliphatic heterocycles. The maximum Gasteiger partial charge on any atom is 0.246 e. The number of benzene rings is 3. The van der Waals surface area contributed by atoms with Crippen LogP contribution in [0, 0.1) is 35.5 Å². The number of carbonyl (C=O) groups excluding carboxylic acids is 14. The molecule has 1 heterocycles. The number of likely N-dealkylation sites (N-methyl/N-ethyl adjacent to an activating group) is 4. The molecule has 0 radical (unpaired) electrons. The first-order valence-corrected chi connectivity index (χ1v) is 37.0. The fraction of sp³-hybridized carbons (Fsp3) is 0.619. The molecule has 0 spiro atoms. The van der Waals surface area contributed by atoms with Crippen molar-refractivity contribution in [2.75, 3.05) is 61.9 Å². The molecule has 4 rings (SSSR count). The van der Waals surface area contributed by atoms with Crippen molar-refractivity contribution in [1.29, 1.82) is 0 Å². The lowest BCUT2D eigenvalue weighted by molar-refractivity contribution is -0.150. The molecule has 1 saturated heterocycles. The summed E-state index contributed by atoms with van der Waals surface area (Å²) in [7, 11) is 9.11. The number of hydrogen-bond donors (Lipinski definition) is 10. The van der Waals surface area contributed by atoms with Gasteiger partial charge < -0.3 is 122 Å². The molecule has 0 aliphatic carbocycles. The van der Waals surface area contributed by atoms with Gasteiger partial charge in [0.15, 0.2) is 0 Å². The van der Waals surface area contributed by atoms with Crippen LogP contribution in [0.5, 0.6) is 0 Å². The van der Waals surface area contributed by atoms with E-state index in [0.29, 0.717) is 25.9 Å². The van der Waals surface area contributed by atoms with Crippen LogP contribution in [0.25, 0.3) is 0 Å². The predicted octanol–water partition coefficient (Wildman–Crippen LogP) is 14.4. The molecule has 0 unspecified atom stereocenters. The smallest absolute Gasteiger partial charge is 0.246 e. The molecule has 3 aromatic rings. The van der Waals surface area contributed by atoms with E-state index in [9.17, 15) is 28.8 Å². The molecule has 29 nitrogen and oxygen atoms in total. The number of hydrogen-bond acceptors (Lipinski definition) is 23. The second-order valence-corrected chi connectivity index (χ2v) is 26.5. The van der Waals surface area contributed by atoms with Crippen LogP contribution in [-0.4, -0.2) is 212 Å². The number of nitrogens with zero attached hydrogens (tertiary/aromatic N) is 5. The third kappa shape index (κ3) is 102. The molecule has 0 saturated carbocycles. The van der Waals surface area contributed by atoms with Gasteiger partial charge in [0.1, 0.15) is 78.5 Å². The molecule has 678 valence electrons. The van der Waals surface area contributed by atoms with Gasteiger partial charge in [0.2, 0.25) is 35.4 Å². The number of halogens is 1. The summed E-state index contributed by atoms with van der Waals surface area (Å²) in [4.78, 5) is 152. The van der Waals surface area contributed by atoms with Crippen LogP contribution in [0.15, 0.2) is 84.9 Å². The zero-order chi connectivity index (χ0) is 88.8. The van der Waals surface area contributed by atoms with E-state index in [-0.39, 0.29) is 79.6 Å². The second kappa shape index (κ2) is 118. The first-order valence-electron chi connectivity index (χ1n) is 36.6. The third-order valence-electron chi connectivity index (χ3n) is 14.0. The van der Waals surface area contributed by atoms with E-state index >= 15 is 0 Å². The number of nitrogens with one attached hydrogen (secondary N) is 1. The minimum atomic E-state index is -0.930. The summed E-state index contributed by atoms with van der Waals surface area (Å²) >= 11 is 5.72. The van der Waals surface area contributed by atoms with E-state index in [1.54, 1.807) is 34.9 Å². The lowest BCUT2D eigenvalue weighted by Gasteiger charge is -2.36. The van der Waals surface area contributed by atoms with Gasteiger partial charge in [-0.15, -0.1) is 0 Å². The lowest BCUT2D eigenvalue weighted by Crippen LogP contribution is -2.58. The number of carbonyl (C=O) groups is 14. The monoisotopic (exact) mass is 1660 g/mol. The van der Waals surface area contributed by atoms with Gasteiger partial charge in [-0.25, -0.2) is 0 Å². The van der Waals surface area contributed by atoms with Gasteiger partial charge in [-0.05, 0) is 138 Å². The van der Waals surface area contributed by atoms with E-state index in [4.69, 9.17) is 55.1 Å². The number of aryl methyl sites for hydroxylation is 2. The molecular formula is C84H175ClN14O15. The maximum absolute atomic E-state index is 13.8. The number of nitrogens with two attached hydrogens (primary N) is 2. The molecule has 1 fully saturated rings. The normalized spacial score (nSPS) is 10.5. The summed E-state index contributed by atoms with van der Waals surface area (Å²) in [5, 5.41) is 11.9. The van der Waals surface area contributed by atoms with Crippen molar-refractivity contribution < 1.29 is 72.2 Å². The number of aliphatic hydroxyl groups excluding tert-OH is 1. The highest BCUT2D eigenvalue weighted by Gasteiger charge is 2.37. The van der Waals surface area contributed by atoms with Gasteiger partial charge in [0, 0.05) is 65.8 Å². The van der Waals surface area contributed by atoms with Crippen LogP contribution < -0.4 is 53.7 Å². The van der Waals surface area contributed by atoms with Gasteiger partial charge in [0.25, 0.3) is 0 Å². The summed E-state index contributed by atoms with van der Waals surface area (Å²) in [5.41, 5.74) is 12.6. The first-order chi connectivity index (χ1) is 51.0. The number of amides is 6. The van der Waals surface area contributed by atoms with E-state index in [1.165, 1.54) is 78.7 Å². The van der Waals surface area contributed by atoms with Gasteiger partial charge in [-0.3, -0.25) is 28.8 Å². The number of likely N-dealkylation sites (tertiary alicyclic amines) is 1. The summed E-state index contributed by atoms with van der Waals surface area (Å²) < 4.78 is 0. The van der Waals surface area contributed by atoms with Gasteiger partial charge in [0.05, 0.1) is 6.54 Å². The minimum Gasteiger partial charge on any atom is -0.394 e. The Morgan fingerprint density at radius 1 is 0.465 bits per heavy atom. The van der Waals surface area contributed by atoms with Crippen molar-refractivity contribution >= 4 is 101 Å². The highest BCUT2D eigenvalue weighted by molar-refractivity contribution is 6.30. The Bertz CT molecular complexity index is 2400. The van der Waals surface area contributed by atoms with Crippen LogP contribution in [0.3, 0.4) is 0 Å². The first kappa shape index (κ1) is 158. The van der Waals surface area contributed by atoms with Crippen molar-refractivity contribution in [3.05, 3.63) is 107 Å². The lowest BCUT2D eigenvalue weighted by atomic mass is 9.95. The second-order valence-electron chi connectivity index (χ2n) is 26.0. The highest BCUT2D eigenvalue weighted by Crippen LogP contribution is 2.19. The third-order valence-corrected chi connectivity index (χ3v) is 14.3. The SMILES string of the molecule is C=O.C=O.C=O.C=O.C=O.C=O.C=O.C=O.CC(C)C.CC(C)C.CC(C)O.CCC(C)C.CCC(C)C.CC[C@H](C)[C@H](NC(=O)[C@H](CC(C)C)N(C)C(=O)CN(C)C(=O)[C@H](C)N(C)C(=O)[C@H](Cc1ccccc1)N(C)C(C)=O)C(=O)N1CCCCC1.CCc1cccc(Cl)c1.CCc1ccccc1.CN.CN.N.N.N.N.N.N. The summed E-state index contributed by atoms with van der Waals surface area (Å²) in [6.07, 6.45) is 8.96. The van der Waals surface area contributed by atoms with Crippen LogP contribution in [0.2, 0.25) is 5.02 Å². The Kier molecular flexibility index (Phi) is 163. The largest absolute Gasteiger partial charge is 0.394 e. The van der Waals surface area contributed by atoms with E-state index in [2.05, 4.69) is 144 Å². The van der Waals surface area contributed by atoms with Crippen molar-refractivity contribution in [1.82, 2.24) is 66.7 Å². The van der Waals surface area contributed by atoms with Crippen LogP contribution in [0.4, 0.5) is 0 Å². The summed E-state index contributed by atoms with van der Waals surface area (Å²) in [5.74, 6) is 1.35. The standard InChI is InChI=1S/C37H60N6O6.C8H9Cl.C8H10.2C5H12.2C4H10.C3H8O.2CH5N.8CH2O.6H3N/c1-11-26(4)33(37(49)43-20-16-13-17-21-43)38-34(46)30(22-25(2)3)42(10)32(45)24-39(7)35(47)27(5)40(8)36(48)31(41(9)28(6)44)23-29-18-14-12-15-19-29;1-2-7-4-3-5-8(9)6-7;1-2-8-6-4-3-5-7-8;2*1-4-5(2)3;2*1-4(2)3;1-3(2)4;10*1-2;;;;;;/h12,14-15,18-19,25-27,30-31,33H,11,13,16-17,20-24H2,1-10H3,(H,38,46);3-6H,2H2,1H3;3-7H,2H2,1H3;2*5H,4H2,1-3H3;2*4H,1-3H3;3-4H,1-2H3;2*2H2,1H3;8*1H2;6*1H3/t26-,27-,30-,31-,33-;;;;;;;;;;;;;;;;;;;;;;;/m0......................./s1. The van der Waals surface area contributed by atoms with E-state index in [1.807, 2.05) is 142 Å². The average molecular weight is 1660 g/mol. The molecule has 0 bridgehead atoms. The van der Waals surface area contributed by atoms with E-state index in [0.717, 1.165) is 66.4 Å². The fourth-order valence-corrected chi connectivity index (χ4v) is 7.74. The minimum absolute atomic E-state index is 0. The summed E-state index contributed by atoms with van der Waals surface area (Å²) in [6, 6.07) is 24.4. The molecule has 1 aliphatic rings. The van der Waals surface area contributed by atoms with Crippen LogP contribution in [0.1, 0.15) is 214 Å². The van der Waals surface area contributed by atoms with Crippen molar-refractivity contribution in [3.63, 3.8) is 0 Å². The molecule has 24 N–H and O–H groups in total. The molecule has 0 aromatic heterocycles. The zero-order valence-corrected chi connectivity index (χ0v) is 77.7. The number of aliphatic hydroxyl groups is 1. The molecule has 114 heavy (non-hydrogen) atoms. The molecule has 3 aromatic carbocycles. The molecule has 30 heteroatoms. The maximum atomic E-state index is 13.8. The topological polar surface area (TPSA) is 549 Å². The fourth-order valence-electron chi connectivity index (χ4n) is 7.53. The quantitative estimate of drug-likeness (QED) is 0.0502. The Morgan fingerprint density at radius 3 is 1.06 bits per heavy atom. The van der Waals surface area contributed by atoms with Crippen LogP contribution in [-0.2, 0) is 86.4 Å². The average Bonchev–Trinajstić information content (AvgIpc) is 0.832.